The third-order valence-corrected chi connectivity index (χ3v) is 6.00. The highest BCUT2D eigenvalue weighted by atomic mass is 16.1. The molecule has 0 spiro atoms. The number of aromatic amines is 1. The number of anilines is 2. The van der Waals surface area contributed by atoms with Crippen LogP contribution in [0.1, 0.15) is 43.8 Å². The number of aromatic nitrogens is 4. The lowest BCUT2D eigenvalue weighted by Gasteiger charge is -2.31. The van der Waals surface area contributed by atoms with Crippen LogP contribution in [0, 0.1) is 5.92 Å². The largest absolute Gasteiger partial charge is 0.355 e. The Hall–Kier alpha value is -2.96. The number of piperidine rings is 1. The van der Waals surface area contributed by atoms with Crippen LogP contribution in [-0.4, -0.2) is 38.9 Å². The molecule has 1 aliphatic carbocycles. The Labute approximate surface area is 163 Å². The Kier molecular flexibility index (Phi) is 4.43. The van der Waals surface area contributed by atoms with E-state index in [1.165, 1.54) is 19.3 Å². The second-order valence-electron chi connectivity index (χ2n) is 7.80. The van der Waals surface area contributed by atoms with Gasteiger partial charge in [-0.05, 0) is 43.9 Å². The van der Waals surface area contributed by atoms with Crippen LogP contribution >= 0.6 is 0 Å². The third-order valence-electron chi connectivity index (χ3n) is 6.00. The summed E-state index contributed by atoms with van der Waals surface area (Å²) in [7, 11) is 0. The van der Waals surface area contributed by atoms with Gasteiger partial charge < -0.3 is 15.2 Å². The molecule has 28 heavy (non-hydrogen) atoms. The fraction of sp³-hybridized carbons (Fsp3) is 0.429. The van der Waals surface area contributed by atoms with Gasteiger partial charge in [0.1, 0.15) is 11.6 Å². The van der Waals surface area contributed by atoms with E-state index in [0.717, 1.165) is 54.3 Å². The molecule has 0 atom stereocenters. The maximum atomic E-state index is 12.7. The van der Waals surface area contributed by atoms with Crippen LogP contribution in [0.2, 0.25) is 0 Å². The molecule has 0 unspecified atom stereocenters. The molecule has 3 aromatic rings. The Morgan fingerprint density at radius 2 is 2.00 bits per heavy atom. The minimum atomic E-state index is 0.0240. The van der Waals surface area contributed by atoms with E-state index >= 15 is 0 Å². The predicted octanol–water partition coefficient (Wildman–Crippen LogP) is 3.48. The smallest absolute Gasteiger partial charge is 0.227 e. The van der Waals surface area contributed by atoms with Crippen molar-refractivity contribution in [2.75, 3.05) is 23.3 Å². The zero-order valence-corrected chi connectivity index (χ0v) is 15.8. The molecule has 1 amide bonds. The van der Waals surface area contributed by atoms with E-state index in [-0.39, 0.29) is 11.8 Å². The van der Waals surface area contributed by atoms with Crippen LogP contribution in [0.25, 0.3) is 11.0 Å². The first-order valence-corrected chi connectivity index (χ1v) is 10.1. The number of carbonyl (C=O) groups is 1. The van der Waals surface area contributed by atoms with Gasteiger partial charge in [-0.1, -0.05) is 6.42 Å². The van der Waals surface area contributed by atoms with Gasteiger partial charge in [-0.3, -0.25) is 9.78 Å². The maximum absolute atomic E-state index is 12.7. The van der Waals surface area contributed by atoms with Crippen LogP contribution in [0.5, 0.6) is 0 Å². The standard InChI is InChI=1S/C21H24N6O/c28-21(15-6-10-27(11-7-15)19-13-22-8-9-23-19)24-16-4-5-17-18(12-16)26-20(25-17)14-2-1-3-14/h4-5,8-9,12-15H,1-3,6-7,10-11H2,(H,24,28)(H,25,26). The first-order valence-electron chi connectivity index (χ1n) is 10.1. The lowest BCUT2D eigenvalue weighted by Crippen LogP contribution is -2.38. The van der Waals surface area contributed by atoms with E-state index in [9.17, 15) is 4.79 Å². The first-order chi connectivity index (χ1) is 13.8. The number of amides is 1. The van der Waals surface area contributed by atoms with Crippen molar-refractivity contribution in [1.29, 1.82) is 0 Å². The number of hydrogen-bond donors (Lipinski definition) is 2. The minimum absolute atomic E-state index is 0.0240. The zero-order chi connectivity index (χ0) is 18.9. The van der Waals surface area contributed by atoms with Gasteiger partial charge in [0.15, 0.2) is 0 Å². The number of benzene rings is 1. The second-order valence-corrected chi connectivity index (χ2v) is 7.80. The molecule has 144 valence electrons. The molecule has 5 rings (SSSR count). The highest BCUT2D eigenvalue weighted by Crippen LogP contribution is 2.35. The van der Waals surface area contributed by atoms with E-state index in [4.69, 9.17) is 4.98 Å². The molecule has 1 aliphatic heterocycles. The highest BCUT2D eigenvalue weighted by Gasteiger charge is 2.26. The molecular formula is C21H24N6O. The number of carbonyl (C=O) groups excluding carboxylic acids is 1. The van der Waals surface area contributed by atoms with Gasteiger partial charge in [0.2, 0.25) is 5.91 Å². The van der Waals surface area contributed by atoms with E-state index in [0.29, 0.717) is 5.92 Å². The van der Waals surface area contributed by atoms with Crippen LogP contribution in [0.3, 0.4) is 0 Å². The van der Waals surface area contributed by atoms with Gasteiger partial charge in [0.05, 0.1) is 17.2 Å². The van der Waals surface area contributed by atoms with Crippen molar-refractivity contribution in [2.24, 2.45) is 5.92 Å². The van der Waals surface area contributed by atoms with Gasteiger partial charge in [0, 0.05) is 43.0 Å². The Bertz CT molecular complexity index is 973. The normalized spacial score (nSPS) is 18.2. The molecule has 7 heteroatoms. The first kappa shape index (κ1) is 17.2. The monoisotopic (exact) mass is 376 g/mol. The summed E-state index contributed by atoms with van der Waals surface area (Å²) in [5.41, 5.74) is 2.80. The summed E-state index contributed by atoms with van der Waals surface area (Å²) in [6, 6.07) is 5.93. The number of rotatable bonds is 4. The van der Waals surface area contributed by atoms with E-state index in [1.807, 2.05) is 18.2 Å². The topological polar surface area (TPSA) is 86.8 Å². The summed E-state index contributed by atoms with van der Waals surface area (Å²) in [4.78, 5) is 31.5. The van der Waals surface area contributed by atoms with Gasteiger partial charge in [-0.25, -0.2) is 9.97 Å². The van der Waals surface area contributed by atoms with E-state index in [2.05, 4.69) is 25.2 Å². The molecule has 1 saturated carbocycles. The number of nitrogens with one attached hydrogen (secondary N) is 2. The molecule has 2 fully saturated rings. The summed E-state index contributed by atoms with van der Waals surface area (Å²) in [5, 5.41) is 3.09. The molecule has 2 aromatic heterocycles. The average Bonchev–Trinajstić information content (AvgIpc) is 3.10. The van der Waals surface area contributed by atoms with Crippen molar-refractivity contribution < 1.29 is 4.79 Å². The number of nitrogens with zero attached hydrogens (tertiary/aromatic N) is 4. The van der Waals surface area contributed by atoms with Crippen LogP contribution in [0.15, 0.2) is 36.8 Å². The summed E-state index contributed by atoms with van der Waals surface area (Å²) >= 11 is 0. The minimum Gasteiger partial charge on any atom is -0.355 e. The molecule has 1 saturated heterocycles. The Morgan fingerprint density at radius 3 is 2.71 bits per heavy atom. The number of H-pyrrole nitrogens is 1. The Balaban J connectivity index is 1.22. The molecule has 7 nitrogen and oxygen atoms in total. The molecule has 0 radical (unpaired) electrons. The van der Waals surface area contributed by atoms with Gasteiger partial charge in [-0.15, -0.1) is 0 Å². The number of hydrogen-bond acceptors (Lipinski definition) is 5. The summed E-state index contributed by atoms with van der Waals surface area (Å²) in [6.07, 6.45) is 10.5. The zero-order valence-electron chi connectivity index (χ0n) is 15.8. The van der Waals surface area contributed by atoms with Crippen LogP contribution in [0.4, 0.5) is 11.5 Å². The Morgan fingerprint density at radius 1 is 1.14 bits per heavy atom. The summed E-state index contributed by atoms with van der Waals surface area (Å²) in [5.74, 6) is 2.66. The molecule has 2 N–H and O–H groups in total. The molecule has 3 heterocycles. The van der Waals surface area contributed by atoms with Crippen LogP contribution < -0.4 is 10.2 Å². The van der Waals surface area contributed by atoms with Crippen molar-refractivity contribution in [3.8, 4) is 0 Å². The number of fused-ring (bicyclic) bond motifs is 1. The lowest BCUT2D eigenvalue weighted by atomic mass is 9.85. The number of imidazole rings is 1. The molecule has 0 bridgehead atoms. The SMILES string of the molecule is O=C(Nc1ccc2nc(C3CCC3)[nH]c2c1)C1CCN(c2cnccn2)CC1. The van der Waals surface area contributed by atoms with E-state index < -0.39 is 0 Å². The predicted molar refractivity (Wildman–Crippen MR) is 108 cm³/mol. The highest BCUT2D eigenvalue weighted by molar-refractivity contribution is 5.94. The van der Waals surface area contributed by atoms with Crippen molar-refractivity contribution in [3.63, 3.8) is 0 Å². The third kappa shape index (κ3) is 3.32. The summed E-state index contributed by atoms with van der Waals surface area (Å²) < 4.78 is 0. The van der Waals surface area contributed by atoms with Crippen molar-refractivity contribution in [1.82, 2.24) is 19.9 Å². The van der Waals surface area contributed by atoms with Gasteiger partial charge >= 0.3 is 0 Å². The molecule has 2 aliphatic rings. The fourth-order valence-corrected chi connectivity index (χ4v) is 4.05. The lowest BCUT2D eigenvalue weighted by molar-refractivity contribution is -0.120. The average molecular weight is 376 g/mol. The van der Waals surface area contributed by atoms with Gasteiger partial charge in [-0.2, -0.15) is 0 Å². The fourth-order valence-electron chi connectivity index (χ4n) is 4.05. The van der Waals surface area contributed by atoms with Crippen molar-refractivity contribution in [3.05, 3.63) is 42.6 Å². The molecule has 1 aromatic carbocycles. The van der Waals surface area contributed by atoms with Gasteiger partial charge in [0.25, 0.3) is 0 Å². The van der Waals surface area contributed by atoms with Crippen molar-refractivity contribution in [2.45, 2.75) is 38.0 Å². The summed E-state index contributed by atoms with van der Waals surface area (Å²) in [6.45, 7) is 1.64. The maximum Gasteiger partial charge on any atom is 0.227 e. The van der Waals surface area contributed by atoms with Crippen molar-refractivity contribution >= 4 is 28.4 Å². The van der Waals surface area contributed by atoms with Crippen LogP contribution in [-0.2, 0) is 4.79 Å². The van der Waals surface area contributed by atoms with E-state index in [1.54, 1.807) is 18.6 Å². The quantitative estimate of drug-likeness (QED) is 0.728. The molecular weight excluding hydrogens is 352 g/mol. The second kappa shape index (κ2) is 7.22.